The quantitative estimate of drug-likeness (QED) is 0.456. The van der Waals surface area contributed by atoms with Crippen molar-refractivity contribution in [3.63, 3.8) is 0 Å². The molecule has 2 aliphatic rings. The number of ether oxygens (including phenoxy) is 1. The highest BCUT2D eigenvalue weighted by Gasteiger charge is 2.49. The number of halogens is 3. The first-order valence-corrected chi connectivity index (χ1v) is 10.3. The van der Waals surface area contributed by atoms with Crippen molar-refractivity contribution in [3.05, 3.63) is 30.0 Å². The van der Waals surface area contributed by atoms with E-state index in [4.69, 9.17) is 12.2 Å². The molecule has 2 heterocycles. The van der Waals surface area contributed by atoms with Crippen LogP contribution in [-0.4, -0.2) is 50.4 Å². The Labute approximate surface area is 190 Å². The first-order valence-electron chi connectivity index (χ1n) is 9.84. The van der Waals surface area contributed by atoms with Crippen LogP contribution < -0.4 is 19.8 Å². The van der Waals surface area contributed by atoms with Crippen molar-refractivity contribution < 1.29 is 41.8 Å². The lowest BCUT2D eigenvalue weighted by atomic mass is 10.1. The molecule has 14 heteroatoms. The molecule has 1 aliphatic heterocycles. The maximum atomic E-state index is 13.0. The second-order valence-corrected chi connectivity index (χ2v) is 7.99. The Morgan fingerprint density at radius 3 is 2.58 bits per heavy atom. The van der Waals surface area contributed by atoms with Gasteiger partial charge in [-0.1, -0.05) is 4.68 Å². The monoisotopic (exact) mass is 485 g/mol. The number of hydrogen-bond donors (Lipinski definition) is 1. The lowest BCUT2D eigenvalue weighted by Gasteiger charge is -2.22. The van der Waals surface area contributed by atoms with Gasteiger partial charge in [0.05, 0.1) is 11.7 Å². The molecule has 2 aromatic rings. The molecule has 1 aromatic carbocycles. The number of benzene rings is 1. The SMILES string of the molecule is C[n+]1noc([O-])c1CN1C(=S)N(C2CC2)C(=O)C1CC(=O)Nc1ccc(OC(F)(F)F)cc1. The third kappa shape index (κ3) is 4.99. The van der Waals surface area contributed by atoms with Gasteiger partial charge in [-0.15, -0.1) is 13.2 Å². The van der Waals surface area contributed by atoms with Gasteiger partial charge in [0.1, 0.15) is 18.3 Å². The molecule has 1 aliphatic carbocycles. The summed E-state index contributed by atoms with van der Waals surface area (Å²) in [5.41, 5.74) is 0.383. The maximum absolute atomic E-state index is 13.0. The van der Waals surface area contributed by atoms with Crippen LogP contribution in [0, 0.1) is 0 Å². The molecular weight excluding hydrogens is 467 g/mol. The van der Waals surface area contributed by atoms with Gasteiger partial charge in [0.25, 0.3) is 11.6 Å². The Balaban J connectivity index is 1.47. The molecule has 1 N–H and O–H groups in total. The molecule has 0 radical (unpaired) electrons. The zero-order chi connectivity index (χ0) is 23.9. The third-order valence-electron chi connectivity index (χ3n) is 5.21. The van der Waals surface area contributed by atoms with Crippen molar-refractivity contribution >= 4 is 34.8 Å². The van der Waals surface area contributed by atoms with Gasteiger partial charge in [-0.25, -0.2) is 0 Å². The molecule has 1 unspecified atom stereocenters. The molecular formula is C19H18F3N5O5S. The van der Waals surface area contributed by atoms with Gasteiger partial charge >= 0.3 is 6.36 Å². The normalized spacial score (nSPS) is 18.7. The number of anilines is 1. The van der Waals surface area contributed by atoms with E-state index in [9.17, 15) is 27.9 Å². The first-order chi connectivity index (χ1) is 15.5. The average Bonchev–Trinajstić information content (AvgIpc) is 3.47. The van der Waals surface area contributed by atoms with Crippen LogP contribution in [0.1, 0.15) is 25.0 Å². The van der Waals surface area contributed by atoms with Crippen LogP contribution in [0.25, 0.3) is 0 Å². The summed E-state index contributed by atoms with van der Waals surface area (Å²) >= 11 is 5.46. The number of nitrogens with one attached hydrogen (secondary N) is 1. The van der Waals surface area contributed by atoms with E-state index in [1.807, 2.05) is 0 Å². The van der Waals surface area contributed by atoms with Gasteiger partial charge in [-0.05, 0) is 49.3 Å². The largest absolute Gasteiger partial charge is 0.573 e. The Morgan fingerprint density at radius 2 is 2.03 bits per heavy atom. The second-order valence-electron chi connectivity index (χ2n) is 7.62. The van der Waals surface area contributed by atoms with Gasteiger partial charge in [-0.3, -0.25) is 14.5 Å². The smallest absolute Gasteiger partial charge is 0.539 e. The van der Waals surface area contributed by atoms with Crippen LogP contribution >= 0.6 is 12.2 Å². The Morgan fingerprint density at radius 1 is 1.36 bits per heavy atom. The number of aromatic nitrogens is 2. The molecule has 1 saturated carbocycles. The van der Waals surface area contributed by atoms with E-state index in [0.717, 1.165) is 25.0 Å². The number of aryl methyl sites for hydroxylation is 1. The fourth-order valence-corrected chi connectivity index (χ4v) is 3.92. The number of amides is 2. The van der Waals surface area contributed by atoms with Crippen molar-refractivity contribution in [2.45, 2.75) is 44.3 Å². The second kappa shape index (κ2) is 8.50. The molecule has 0 bridgehead atoms. The maximum Gasteiger partial charge on any atom is 0.573 e. The highest BCUT2D eigenvalue weighted by atomic mass is 32.1. The van der Waals surface area contributed by atoms with Crippen molar-refractivity contribution in [1.29, 1.82) is 0 Å². The van der Waals surface area contributed by atoms with E-state index in [-0.39, 0.29) is 41.4 Å². The summed E-state index contributed by atoms with van der Waals surface area (Å²) in [5, 5.41) is 18.2. The zero-order valence-corrected chi connectivity index (χ0v) is 18.0. The van der Waals surface area contributed by atoms with Crippen molar-refractivity contribution in [1.82, 2.24) is 15.1 Å². The Kier molecular flexibility index (Phi) is 5.86. The van der Waals surface area contributed by atoms with E-state index in [0.29, 0.717) is 0 Å². The number of hydrogen-bond acceptors (Lipinski definition) is 7. The van der Waals surface area contributed by atoms with Crippen molar-refractivity contribution in [2.24, 2.45) is 7.05 Å². The highest BCUT2D eigenvalue weighted by molar-refractivity contribution is 7.80. The predicted octanol–water partition coefficient (Wildman–Crippen LogP) is 0.960. The van der Waals surface area contributed by atoms with Crippen LogP contribution in [-0.2, 0) is 23.2 Å². The minimum Gasteiger partial charge on any atom is -0.539 e. The van der Waals surface area contributed by atoms with Crippen molar-refractivity contribution in [3.8, 4) is 11.7 Å². The standard InChI is InChI=1S/C19H18F3N5O5S/c1-25-14(17(30)32-24-25)9-26-13(16(29)27(18(26)33)11-4-5-11)8-15(28)23-10-2-6-12(7-3-10)31-19(20,21)22/h2-3,6-7,11,13H,4-5,8-9H2,1H3,(H-,23,24,28,30). The van der Waals surface area contributed by atoms with Crippen LogP contribution in [0.3, 0.4) is 0 Å². The predicted molar refractivity (Wildman–Crippen MR) is 105 cm³/mol. The molecule has 2 amide bonds. The number of alkyl halides is 3. The summed E-state index contributed by atoms with van der Waals surface area (Å²) in [6.45, 7) is -0.0753. The van der Waals surface area contributed by atoms with Crippen LogP contribution in [0.5, 0.6) is 11.7 Å². The summed E-state index contributed by atoms with van der Waals surface area (Å²) in [6.07, 6.45) is -3.53. The van der Waals surface area contributed by atoms with Gasteiger partial charge in [0, 0.05) is 11.7 Å². The molecule has 1 atom stereocenters. The third-order valence-corrected chi connectivity index (χ3v) is 5.64. The summed E-state index contributed by atoms with van der Waals surface area (Å²) < 4.78 is 46.5. The van der Waals surface area contributed by atoms with Gasteiger partial charge in [0.15, 0.2) is 18.1 Å². The molecule has 10 nitrogen and oxygen atoms in total. The fraction of sp³-hybridized carbons (Fsp3) is 0.421. The topological polar surface area (TPSA) is 115 Å². The molecule has 33 heavy (non-hydrogen) atoms. The molecule has 0 spiro atoms. The number of carbonyl (C=O) groups excluding carboxylic acids is 2. The molecule has 4 rings (SSSR count). The molecule has 1 saturated heterocycles. The van der Waals surface area contributed by atoms with E-state index < -0.39 is 30.0 Å². The lowest BCUT2D eigenvalue weighted by Crippen LogP contribution is -2.42. The number of nitrogens with zero attached hydrogens (tertiary/aromatic N) is 4. The highest BCUT2D eigenvalue weighted by Crippen LogP contribution is 2.35. The van der Waals surface area contributed by atoms with Gasteiger partial charge in [0.2, 0.25) is 5.91 Å². The fourth-order valence-electron chi connectivity index (χ4n) is 3.49. The Hall–Kier alpha value is -3.42. The number of rotatable bonds is 7. The average molecular weight is 485 g/mol. The van der Waals surface area contributed by atoms with Crippen molar-refractivity contribution in [2.75, 3.05) is 5.32 Å². The summed E-state index contributed by atoms with van der Waals surface area (Å²) in [6, 6.07) is 3.61. The van der Waals surface area contributed by atoms with Crippen LogP contribution in [0.2, 0.25) is 0 Å². The van der Waals surface area contributed by atoms with Crippen LogP contribution in [0.15, 0.2) is 28.8 Å². The molecule has 1 aromatic heterocycles. The minimum atomic E-state index is -4.83. The van der Waals surface area contributed by atoms with E-state index in [1.165, 1.54) is 33.7 Å². The van der Waals surface area contributed by atoms with Gasteiger partial charge in [-0.2, -0.15) is 0 Å². The number of carbonyl (C=O) groups is 2. The summed E-state index contributed by atoms with van der Waals surface area (Å²) in [5.74, 6) is -2.02. The molecule has 2 fully saturated rings. The number of thiocarbonyl (C=S) groups is 1. The van der Waals surface area contributed by atoms with E-state index in [1.54, 1.807) is 0 Å². The van der Waals surface area contributed by atoms with Gasteiger partial charge < -0.3 is 24.6 Å². The van der Waals surface area contributed by atoms with E-state index >= 15 is 0 Å². The summed E-state index contributed by atoms with van der Waals surface area (Å²) in [4.78, 5) is 28.6. The summed E-state index contributed by atoms with van der Waals surface area (Å²) in [7, 11) is 1.51. The van der Waals surface area contributed by atoms with Crippen LogP contribution in [0.4, 0.5) is 18.9 Å². The van der Waals surface area contributed by atoms with E-state index in [2.05, 4.69) is 19.8 Å². The minimum absolute atomic E-state index is 0.0373. The first kappa shape index (κ1) is 22.8. The Bertz CT molecular complexity index is 1070. The zero-order valence-electron chi connectivity index (χ0n) is 17.2. The lowest BCUT2D eigenvalue weighted by molar-refractivity contribution is -0.746. The molecule has 176 valence electrons.